The van der Waals surface area contributed by atoms with Gasteiger partial charge >= 0.3 is 0 Å². The third-order valence-corrected chi connectivity index (χ3v) is 5.82. The Labute approximate surface area is 134 Å². The van der Waals surface area contributed by atoms with Gasteiger partial charge < -0.3 is 9.72 Å². The minimum absolute atomic E-state index is 0.178. The molecular weight excluding hydrogens is 294 g/mol. The Morgan fingerprint density at radius 1 is 1.27 bits per heavy atom. The number of aliphatic imine (C=N–C) groups is 1. The number of rotatable bonds is 2. The molecule has 0 aromatic carbocycles. The first-order valence-corrected chi connectivity index (χ1v) is 9.05. The Morgan fingerprint density at radius 3 is 2.91 bits per heavy atom. The number of H-pyrrole nitrogens is 1. The lowest BCUT2D eigenvalue weighted by Crippen LogP contribution is -2.05. The van der Waals surface area contributed by atoms with E-state index in [1.807, 2.05) is 0 Å². The summed E-state index contributed by atoms with van der Waals surface area (Å²) in [6, 6.07) is 2.52. The zero-order chi connectivity index (χ0) is 14.9. The van der Waals surface area contributed by atoms with Crippen molar-refractivity contribution in [2.45, 2.75) is 44.1 Å². The first-order chi connectivity index (χ1) is 10.8. The van der Waals surface area contributed by atoms with Crippen molar-refractivity contribution in [3.8, 4) is 0 Å². The summed E-state index contributed by atoms with van der Waals surface area (Å²) < 4.78 is 5.26. The zero-order valence-electron chi connectivity index (χ0n) is 12.8. The SMILES string of the molecule is COC1=NC(c2c[nH]c3ncc(C4CCCCC4)cc23)CS1. The van der Waals surface area contributed by atoms with E-state index in [4.69, 9.17) is 4.74 Å². The summed E-state index contributed by atoms with van der Waals surface area (Å²) in [4.78, 5) is 12.6. The maximum absolute atomic E-state index is 5.26. The maximum atomic E-state index is 5.26. The van der Waals surface area contributed by atoms with Crippen LogP contribution in [0.15, 0.2) is 23.5 Å². The van der Waals surface area contributed by atoms with Crippen molar-refractivity contribution in [2.75, 3.05) is 12.9 Å². The molecule has 116 valence electrons. The molecular formula is C17H21N3OS. The molecule has 0 radical (unpaired) electrons. The van der Waals surface area contributed by atoms with Gasteiger partial charge in [-0.15, -0.1) is 0 Å². The summed E-state index contributed by atoms with van der Waals surface area (Å²) in [5.74, 6) is 1.63. The van der Waals surface area contributed by atoms with Crippen molar-refractivity contribution in [3.63, 3.8) is 0 Å². The molecule has 0 spiro atoms. The van der Waals surface area contributed by atoms with E-state index in [0.29, 0.717) is 5.92 Å². The van der Waals surface area contributed by atoms with Gasteiger partial charge in [-0.3, -0.25) is 0 Å². The average molecular weight is 315 g/mol. The number of aromatic amines is 1. The number of thioether (sulfide) groups is 1. The highest BCUT2D eigenvalue weighted by molar-refractivity contribution is 8.13. The molecule has 1 aliphatic heterocycles. The van der Waals surface area contributed by atoms with Gasteiger partial charge in [0.05, 0.1) is 13.2 Å². The summed E-state index contributed by atoms with van der Waals surface area (Å²) in [7, 11) is 1.69. The highest BCUT2D eigenvalue weighted by Crippen LogP contribution is 2.37. The fourth-order valence-electron chi connectivity index (χ4n) is 3.60. The lowest BCUT2D eigenvalue weighted by Gasteiger charge is -2.21. The molecule has 0 saturated heterocycles. The lowest BCUT2D eigenvalue weighted by molar-refractivity contribution is 0.414. The Kier molecular flexibility index (Phi) is 3.82. The third kappa shape index (κ3) is 2.51. The number of fused-ring (bicyclic) bond motifs is 1. The van der Waals surface area contributed by atoms with Gasteiger partial charge in [0.1, 0.15) is 5.65 Å². The van der Waals surface area contributed by atoms with E-state index in [2.05, 4.69) is 33.4 Å². The Balaban J connectivity index is 1.69. The van der Waals surface area contributed by atoms with Crippen molar-refractivity contribution >= 4 is 28.0 Å². The second kappa shape index (κ2) is 5.95. The van der Waals surface area contributed by atoms with Gasteiger partial charge in [-0.1, -0.05) is 31.0 Å². The Hall–Kier alpha value is -1.49. The standard InChI is InChI=1S/C17H21N3OS/c1-21-17-20-15(10-22-17)14-9-19-16-13(14)7-12(8-18-16)11-5-3-2-4-6-11/h7-9,11,15H,2-6,10H2,1H3,(H,18,19). The number of nitrogens with one attached hydrogen (secondary N) is 1. The van der Waals surface area contributed by atoms with E-state index in [1.165, 1.54) is 48.6 Å². The molecule has 1 saturated carbocycles. The van der Waals surface area contributed by atoms with Gasteiger partial charge in [0.25, 0.3) is 0 Å². The van der Waals surface area contributed by atoms with Crippen molar-refractivity contribution in [2.24, 2.45) is 4.99 Å². The normalized spacial score (nSPS) is 23.0. The van der Waals surface area contributed by atoms with Crippen LogP contribution in [0.1, 0.15) is 55.2 Å². The minimum Gasteiger partial charge on any atom is -0.476 e. The predicted octanol–water partition coefficient (Wildman–Crippen LogP) is 4.40. The zero-order valence-corrected chi connectivity index (χ0v) is 13.7. The second-order valence-corrected chi connectivity index (χ2v) is 7.14. The highest BCUT2D eigenvalue weighted by Gasteiger charge is 2.24. The molecule has 2 aromatic heterocycles. The van der Waals surface area contributed by atoms with E-state index < -0.39 is 0 Å². The summed E-state index contributed by atoms with van der Waals surface area (Å²) in [5, 5.41) is 2.02. The molecule has 4 rings (SSSR count). The van der Waals surface area contributed by atoms with Crippen molar-refractivity contribution in [3.05, 3.63) is 29.6 Å². The number of aromatic nitrogens is 2. The van der Waals surface area contributed by atoms with Gasteiger partial charge in [-0.05, 0) is 30.4 Å². The number of hydrogen-bond acceptors (Lipinski definition) is 4. The molecule has 1 fully saturated rings. The number of nitrogens with zero attached hydrogens (tertiary/aromatic N) is 2. The van der Waals surface area contributed by atoms with Crippen LogP contribution in [-0.4, -0.2) is 28.1 Å². The van der Waals surface area contributed by atoms with E-state index >= 15 is 0 Å². The first-order valence-electron chi connectivity index (χ1n) is 8.06. The van der Waals surface area contributed by atoms with Crippen LogP contribution in [0.5, 0.6) is 0 Å². The van der Waals surface area contributed by atoms with Crippen LogP contribution < -0.4 is 0 Å². The Morgan fingerprint density at radius 2 is 2.14 bits per heavy atom. The maximum Gasteiger partial charge on any atom is 0.246 e. The van der Waals surface area contributed by atoms with Gasteiger partial charge in [-0.25, -0.2) is 9.98 Å². The molecule has 3 heterocycles. The smallest absolute Gasteiger partial charge is 0.246 e. The molecule has 2 aromatic rings. The number of ether oxygens (including phenoxy) is 1. The molecule has 5 heteroatoms. The average Bonchev–Trinajstić information content (AvgIpc) is 3.21. The van der Waals surface area contributed by atoms with Gasteiger partial charge in [0.15, 0.2) is 0 Å². The molecule has 2 aliphatic rings. The predicted molar refractivity (Wildman–Crippen MR) is 91.6 cm³/mol. The third-order valence-electron chi connectivity index (χ3n) is 4.82. The van der Waals surface area contributed by atoms with Crippen LogP contribution >= 0.6 is 11.8 Å². The van der Waals surface area contributed by atoms with Crippen molar-refractivity contribution in [1.82, 2.24) is 9.97 Å². The molecule has 0 bridgehead atoms. The number of pyridine rings is 1. The monoisotopic (exact) mass is 315 g/mol. The fraction of sp³-hybridized carbons (Fsp3) is 0.529. The second-order valence-electron chi connectivity index (χ2n) is 6.17. The molecule has 1 unspecified atom stereocenters. The van der Waals surface area contributed by atoms with Gasteiger partial charge in [0.2, 0.25) is 5.23 Å². The minimum atomic E-state index is 0.178. The van der Waals surface area contributed by atoms with E-state index in [-0.39, 0.29) is 6.04 Å². The molecule has 4 nitrogen and oxygen atoms in total. The van der Waals surface area contributed by atoms with E-state index in [1.54, 1.807) is 18.9 Å². The molecule has 1 aliphatic carbocycles. The van der Waals surface area contributed by atoms with Crippen LogP contribution in [-0.2, 0) is 4.74 Å². The van der Waals surface area contributed by atoms with Crippen molar-refractivity contribution < 1.29 is 4.74 Å². The molecule has 1 atom stereocenters. The lowest BCUT2D eigenvalue weighted by atomic mass is 9.84. The topological polar surface area (TPSA) is 50.3 Å². The summed E-state index contributed by atoms with van der Waals surface area (Å²) in [6.07, 6.45) is 10.8. The van der Waals surface area contributed by atoms with Crippen LogP contribution in [0.2, 0.25) is 0 Å². The van der Waals surface area contributed by atoms with Crippen LogP contribution in [0.3, 0.4) is 0 Å². The largest absolute Gasteiger partial charge is 0.476 e. The molecule has 0 amide bonds. The van der Waals surface area contributed by atoms with Gasteiger partial charge in [-0.2, -0.15) is 0 Å². The first kappa shape index (κ1) is 14.1. The van der Waals surface area contributed by atoms with Crippen LogP contribution in [0, 0.1) is 0 Å². The summed E-state index contributed by atoms with van der Waals surface area (Å²) in [5.41, 5.74) is 3.62. The molecule has 22 heavy (non-hydrogen) atoms. The Bertz CT molecular complexity index is 703. The fourth-order valence-corrected chi connectivity index (χ4v) is 4.47. The van der Waals surface area contributed by atoms with Crippen LogP contribution in [0.4, 0.5) is 0 Å². The molecule has 1 N–H and O–H groups in total. The summed E-state index contributed by atoms with van der Waals surface area (Å²) >= 11 is 1.68. The van der Waals surface area contributed by atoms with Crippen LogP contribution in [0.25, 0.3) is 11.0 Å². The van der Waals surface area contributed by atoms with E-state index in [9.17, 15) is 0 Å². The van der Waals surface area contributed by atoms with E-state index in [0.717, 1.165) is 16.6 Å². The number of methoxy groups -OCH3 is 1. The summed E-state index contributed by atoms with van der Waals surface area (Å²) in [6.45, 7) is 0. The number of hydrogen-bond donors (Lipinski definition) is 1. The quantitative estimate of drug-likeness (QED) is 0.893. The van der Waals surface area contributed by atoms with Crippen molar-refractivity contribution in [1.29, 1.82) is 0 Å². The van der Waals surface area contributed by atoms with Gasteiger partial charge in [0, 0.05) is 29.1 Å². The highest BCUT2D eigenvalue weighted by atomic mass is 32.2.